The quantitative estimate of drug-likeness (QED) is 0.337. The second-order valence-corrected chi connectivity index (χ2v) is 9.94. The number of thiophene rings is 1. The molecule has 7 heteroatoms. The van der Waals surface area contributed by atoms with Crippen LogP contribution < -0.4 is 10.9 Å². The molecule has 1 amide bonds. The average Bonchev–Trinajstić information content (AvgIpc) is 3.42. The highest BCUT2D eigenvalue weighted by Crippen LogP contribution is 2.31. The maximum Gasteiger partial charge on any atom is 0.276 e. The minimum Gasteiger partial charge on any atom is -0.349 e. The predicted octanol–water partition coefficient (Wildman–Crippen LogP) is 4.96. The number of carbonyl (C=O) groups excluding carboxylic acids is 1. The first-order valence-corrected chi connectivity index (χ1v) is 12.5. The lowest BCUT2D eigenvalue weighted by Gasteiger charge is -2.15. The van der Waals surface area contributed by atoms with Gasteiger partial charge in [0.1, 0.15) is 4.70 Å². The van der Waals surface area contributed by atoms with E-state index in [0.29, 0.717) is 15.4 Å². The highest BCUT2D eigenvalue weighted by atomic mass is 32.2. The molecule has 1 aliphatic rings. The molecule has 0 spiro atoms. The van der Waals surface area contributed by atoms with Gasteiger partial charge in [-0.3, -0.25) is 14.2 Å². The first-order chi connectivity index (χ1) is 15.5. The first kappa shape index (κ1) is 21.0. The van der Waals surface area contributed by atoms with Gasteiger partial charge in [-0.25, -0.2) is 4.98 Å². The van der Waals surface area contributed by atoms with Crippen molar-refractivity contribution in [3.05, 3.63) is 86.5 Å². The third-order valence-corrected chi connectivity index (χ3v) is 7.83. The lowest BCUT2D eigenvalue weighted by Crippen LogP contribution is -2.29. The Hall–Kier alpha value is -2.90. The number of aryl methyl sites for hydroxylation is 3. The molecule has 2 heterocycles. The fourth-order valence-corrected chi connectivity index (χ4v) is 5.74. The molecule has 1 atom stereocenters. The summed E-state index contributed by atoms with van der Waals surface area (Å²) in [7, 11) is 0. The molecule has 1 aliphatic carbocycles. The smallest absolute Gasteiger partial charge is 0.276 e. The Morgan fingerprint density at radius 2 is 2.03 bits per heavy atom. The van der Waals surface area contributed by atoms with Gasteiger partial charge in [-0.2, -0.15) is 0 Å². The van der Waals surface area contributed by atoms with Crippen LogP contribution in [0.2, 0.25) is 0 Å². The topological polar surface area (TPSA) is 64.0 Å². The molecule has 2 aromatic carbocycles. The Morgan fingerprint density at radius 1 is 1.19 bits per heavy atom. The van der Waals surface area contributed by atoms with Crippen LogP contribution in [0.5, 0.6) is 0 Å². The van der Waals surface area contributed by atoms with Crippen LogP contribution in [0.15, 0.2) is 63.9 Å². The van der Waals surface area contributed by atoms with Gasteiger partial charge < -0.3 is 5.32 Å². The second-order valence-electron chi connectivity index (χ2n) is 8.08. The van der Waals surface area contributed by atoms with Crippen LogP contribution in [0.4, 0.5) is 0 Å². The average molecular weight is 462 g/mol. The van der Waals surface area contributed by atoms with Crippen LogP contribution in [0, 0.1) is 13.8 Å². The molecular formula is C25H23N3O2S2. The van der Waals surface area contributed by atoms with Gasteiger partial charge in [0.2, 0.25) is 5.91 Å². The van der Waals surface area contributed by atoms with Crippen molar-refractivity contribution in [3.8, 4) is 5.69 Å². The molecule has 0 aliphatic heterocycles. The van der Waals surface area contributed by atoms with Gasteiger partial charge in [0, 0.05) is 0 Å². The van der Waals surface area contributed by atoms with Gasteiger partial charge in [0.05, 0.1) is 23.0 Å². The van der Waals surface area contributed by atoms with Gasteiger partial charge >= 0.3 is 0 Å². The van der Waals surface area contributed by atoms with E-state index in [1.165, 1.54) is 34.2 Å². The number of hydrogen-bond acceptors (Lipinski definition) is 5. The van der Waals surface area contributed by atoms with Crippen molar-refractivity contribution in [3.63, 3.8) is 0 Å². The van der Waals surface area contributed by atoms with E-state index in [4.69, 9.17) is 4.98 Å². The summed E-state index contributed by atoms with van der Waals surface area (Å²) in [4.78, 5) is 30.8. The van der Waals surface area contributed by atoms with Crippen LogP contribution in [-0.4, -0.2) is 21.2 Å². The van der Waals surface area contributed by atoms with Gasteiger partial charge in [0.25, 0.3) is 5.56 Å². The summed E-state index contributed by atoms with van der Waals surface area (Å²) in [6.07, 6.45) is 1.90. The van der Waals surface area contributed by atoms with Crippen molar-refractivity contribution in [2.24, 2.45) is 0 Å². The number of rotatable bonds is 5. The monoisotopic (exact) mass is 461 g/mol. The summed E-state index contributed by atoms with van der Waals surface area (Å²) >= 11 is 2.70. The Bertz CT molecular complexity index is 1390. The van der Waals surface area contributed by atoms with Crippen molar-refractivity contribution >= 4 is 39.2 Å². The van der Waals surface area contributed by atoms with Crippen molar-refractivity contribution in [1.29, 1.82) is 0 Å². The highest BCUT2D eigenvalue weighted by Gasteiger charge is 2.24. The fourth-order valence-electron chi connectivity index (χ4n) is 4.15. The largest absolute Gasteiger partial charge is 0.349 e. The molecule has 0 radical (unpaired) electrons. The zero-order valence-electron chi connectivity index (χ0n) is 17.9. The highest BCUT2D eigenvalue weighted by molar-refractivity contribution is 7.99. The summed E-state index contributed by atoms with van der Waals surface area (Å²) in [5.41, 5.74) is 6.13. The van der Waals surface area contributed by atoms with Crippen molar-refractivity contribution in [2.45, 2.75) is 37.9 Å². The molecule has 32 heavy (non-hydrogen) atoms. The number of nitrogens with one attached hydrogen (secondary N) is 1. The SMILES string of the molecule is Cc1ccc(-n2c(SCC(=O)N[C@H]3CCc4ccccc43)nc3ccsc3c2=O)cc1C. The van der Waals surface area contributed by atoms with Gasteiger partial charge in [-0.1, -0.05) is 42.1 Å². The number of amides is 1. The predicted molar refractivity (Wildman–Crippen MR) is 131 cm³/mol. The van der Waals surface area contributed by atoms with E-state index in [2.05, 4.69) is 17.4 Å². The molecular weight excluding hydrogens is 438 g/mol. The molecule has 0 bridgehead atoms. The van der Waals surface area contributed by atoms with E-state index in [1.807, 2.05) is 55.6 Å². The zero-order chi connectivity index (χ0) is 22.2. The van der Waals surface area contributed by atoms with E-state index in [1.54, 1.807) is 4.57 Å². The summed E-state index contributed by atoms with van der Waals surface area (Å²) in [6, 6.07) is 16.1. The maximum atomic E-state index is 13.3. The lowest BCUT2D eigenvalue weighted by molar-refractivity contribution is -0.119. The normalized spacial score (nSPS) is 15.1. The summed E-state index contributed by atoms with van der Waals surface area (Å²) in [5.74, 6) is 0.147. The van der Waals surface area contributed by atoms with Crippen LogP contribution >= 0.6 is 23.1 Å². The Balaban J connectivity index is 1.42. The van der Waals surface area contributed by atoms with Crippen molar-refractivity contribution < 1.29 is 4.79 Å². The summed E-state index contributed by atoms with van der Waals surface area (Å²) in [5, 5.41) is 5.57. The van der Waals surface area contributed by atoms with Crippen molar-refractivity contribution in [2.75, 3.05) is 5.75 Å². The van der Waals surface area contributed by atoms with Crippen LogP contribution in [0.3, 0.4) is 0 Å². The number of nitrogens with zero attached hydrogens (tertiary/aromatic N) is 2. The van der Waals surface area contributed by atoms with E-state index in [0.717, 1.165) is 29.7 Å². The van der Waals surface area contributed by atoms with Gasteiger partial charge in [-0.15, -0.1) is 11.3 Å². The molecule has 2 aromatic heterocycles. The van der Waals surface area contributed by atoms with E-state index in [9.17, 15) is 9.59 Å². The summed E-state index contributed by atoms with van der Waals surface area (Å²) < 4.78 is 2.26. The molecule has 0 saturated heterocycles. The number of benzene rings is 2. The first-order valence-electron chi connectivity index (χ1n) is 10.6. The Morgan fingerprint density at radius 3 is 2.88 bits per heavy atom. The minimum absolute atomic E-state index is 0.0496. The third-order valence-electron chi connectivity index (χ3n) is 6.00. The number of thioether (sulfide) groups is 1. The van der Waals surface area contributed by atoms with Gasteiger partial charge in [-0.05, 0) is 72.5 Å². The van der Waals surface area contributed by atoms with Gasteiger partial charge in [0.15, 0.2) is 5.16 Å². The van der Waals surface area contributed by atoms with E-state index in [-0.39, 0.29) is 23.3 Å². The number of carbonyl (C=O) groups is 1. The minimum atomic E-state index is -0.0964. The molecule has 0 fully saturated rings. The third kappa shape index (κ3) is 3.87. The maximum absolute atomic E-state index is 13.3. The van der Waals surface area contributed by atoms with Crippen LogP contribution in [0.25, 0.3) is 15.9 Å². The molecule has 1 N–H and O–H groups in total. The lowest BCUT2D eigenvalue weighted by atomic mass is 10.1. The standard InChI is InChI=1S/C25H23N3O2S2/c1-15-7-9-18(13-16(15)2)28-24(30)23-21(11-12-31-23)27-25(28)32-14-22(29)26-20-10-8-17-5-3-4-6-19(17)20/h3-7,9,11-13,20H,8,10,14H2,1-2H3,(H,26,29)/t20-/m0/s1. The molecule has 0 saturated carbocycles. The van der Waals surface area contributed by atoms with Crippen LogP contribution in [0.1, 0.15) is 34.7 Å². The number of fused-ring (bicyclic) bond motifs is 2. The number of hydrogen-bond donors (Lipinski definition) is 1. The molecule has 162 valence electrons. The van der Waals surface area contributed by atoms with E-state index < -0.39 is 0 Å². The second kappa shape index (κ2) is 8.56. The number of aromatic nitrogens is 2. The Kier molecular flexibility index (Phi) is 5.61. The Labute approximate surface area is 194 Å². The zero-order valence-corrected chi connectivity index (χ0v) is 19.6. The molecule has 0 unspecified atom stereocenters. The molecule has 5 nitrogen and oxygen atoms in total. The molecule has 4 aromatic rings. The van der Waals surface area contributed by atoms with Crippen LogP contribution in [-0.2, 0) is 11.2 Å². The van der Waals surface area contributed by atoms with Crippen molar-refractivity contribution in [1.82, 2.24) is 14.9 Å². The summed E-state index contributed by atoms with van der Waals surface area (Å²) in [6.45, 7) is 4.07. The molecule has 5 rings (SSSR count). The fraction of sp³-hybridized carbons (Fsp3) is 0.240. The van der Waals surface area contributed by atoms with E-state index >= 15 is 0 Å².